The lowest BCUT2D eigenvalue weighted by molar-refractivity contribution is 0.386. The van der Waals surface area contributed by atoms with Crippen molar-refractivity contribution in [2.45, 2.75) is 38.4 Å². The van der Waals surface area contributed by atoms with Crippen LogP contribution in [-0.4, -0.2) is 24.8 Å². The average molecular weight is 233 g/mol. The van der Waals surface area contributed by atoms with Crippen molar-refractivity contribution in [1.82, 2.24) is 0 Å². The lowest BCUT2D eigenvalue weighted by Crippen LogP contribution is -2.34. The summed E-state index contributed by atoms with van der Waals surface area (Å²) in [4.78, 5) is 0. The Morgan fingerprint density at radius 1 is 1.33 bits per heavy atom. The van der Waals surface area contributed by atoms with Gasteiger partial charge in [-0.25, -0.2) is 0 Å². The van der Waals surface area contributed by atoms with Crippen molar-refractivity contribution in [2.24, 2.45) is 11.7 Å². The highest BCUT2D eigenvalue weighted by Crippen LogP contribution is 2.34. The summed E-state index contributed by atoms with van der Waals surface area (Å²) >= 11 is 0. The van der Waals surface area contributed by atoms with Gasteiger partial charge in [0, 0.05) is 0 Å². The maximum atomic E-state index is 11.2. The second-order valence-electron chi connectivity index (χ2n) is 4.36. The molecule has 2 unspecified atom stereocenters. The fourth-order valence-electron chi connectivity index (χ4n) is 2.19. The molecule has 4 nitrogen and oxygen atoms in total. The van der Waals surface area contributed by atoms with Gasteiger partial charge in [-0.2, -0.15) is 8.42 Å². The van der Waals surface area contributed by atoms with Crippen molar-refractivity contribution in [3.63, 3.8) is 0 Å². The van der Waals surface area contributed by atoms with Crippen LogP contribution in [0, 0.1) is 5.92 Å². The second kappa shape index (κ2) is 4.63. The van der Waals surface area contributed by atoms with Gasteiger partial charge in [-0.15, -0.1) is 0 Å². The van der Waals surface area contributed by atoms with Crippen LogP contribution in [0.15, 0.2) is 11.1 Å². The zero-order valence-corrected chi connectivity index (χ0v) is 10.0. The zero-order chi connectivity index (χ0) is 11.6. The Balaban J connectivity index is 2.94. The highest BCUT2D eigenvalue weighted by atomic mass is 32.2. The lowest BCUT2D eigenvalue weighted by atomic mass is 9.83. The van der Waals surface area contributed by atoms with E-state index in [2.05, 4.69) is 0 Å². The molecule has 5 heteroatoms. The third kappa shape index (κ3) is 3.03. The van der Waals surface area contributed by atoms with Gasteiger partial charge in [-0.1, -0.05) is 11.1 Å². The predicted molar refractivity (Wildman–Crippen MR) is 60.1 cm³/mol. The van der Waals surface area contributed by atoms with E-state index in [-0.39, 0.29) is 5.92 Å². The van der Waals surface area contributed by atoms with Crippen molar-refractivity contribution >= 4 is 10.1 Å². The SMILES string of the molecule is CC1=C(C)CC(S(=O)(=O)O)C(CCN)C1. The third-order valence-electron chi connectivity index (χ3n) is 3.25. The molecule has 0 saturated carbocycles. The fourth-order valence-corrected chi connectivity index (χ4v) is 3.37. The van der Waals surface area contributed by atoms with Gasteiger partial charge in [0.25, 0.3) is 10.1 Å². The molecule has 0 aromatic rings. The quantitative estimate of drug-likeness (QED) is 0.569. The molecule has 0 amide bonds. The van der Waals surface area contributed by atoms with Crippen LogP contribution in [0.2, 0.25) is 0 Å². The molecule has 0 heterocycles. The predicted octanol–water partition coefficient (Wildman–Crippen LogP) is 1.34. The second-order valence-corrected chi connectivity index (χ2v) is 6.00. The van der Waals surface area contributed by atoms with Crippen molar-refractivity contribution in [2.75, 3.05) is 6.54 Å². The number of rotatable bonds is 3. The molecular formula is C10H19NO3S. The van der Waals surface area contributed by atoms with Gasteiger partial charge >= 0.3 is 0 Å². The maximum Gasteiger partial charge on any atom is 0.268 e. The van der Waals surface area contributed by atoms with Crippen LogP contribution >= 0.6 is 0 Å². The van der Waals surface area contributed by atoms with Crippen LogP contribution in [0.3, 0.4) is 0 Å². The first-order chi connectivity index (χ1) is 6.86. The van der Waals surface area contributed by atoms with Crippen LogP contribution in [0.1, 0.15) is 33.1 Å². The highest BCUT2D eigenvalue weighted by Gasteiger charge is 2.35. The first-order valence-corrected chi connectivity index (χ1v) is 6.68. The summed E-state index contributed by atoms with van der Waals surface area (Å²) in [5, 5.41) is -0.662. The maximum absolute atomic E-state index is 11.2. The molecule has 0 aromatic carbocycles. The highest BCUT2D eigenvalue weighted by molar-refractivity contribution is 7.86. The van der Waals surface area contributed by atoms with Crippen LogP contribution in [-0.2, 0) is 10.1 Å². The van der Waals surface area contributed by atoms with Crippen LogP contribution in [0.25, 0.3) is 0 Å². The van der Waals surface area contributed by atoms with Gasteiger partial charge in [-0.3, -0.25) is 4.55 Å². The van der Waals surface area contributed by atoms with E-state index in [0.29, 0.717) is 19.4 Å². The molecule has 1 aliphatic carbocycles. The molecule has 0 fully saturated rings. The molecule has 88 valence electrons. The number of nitrogens with two attached hydrogens (primary N) is 1. The summed E-state index contributed by atoms with van der Waals surface area (Å²) in [6.45, 7) is 4.40. The molecule has 0 aliphatic heterocycles. The van der Waals surface area contributed by atoms with Gasteiger partial charge in [0.15, 0.2) is 0 Å². The first kappa shape index (κ1) is 12.7. The smallest absolute Gasteiger partial charge is 0.268 e. The van der Waals surface area contributed by atoms with Gasteiger partial charge in [0.1, 0.15) is 0 Å². The van der Waals surface area contributed by atoms with E-state index in [1.54, 1.807) is 0 Å². The molecule has 15 heavy (non-hydrogen) atoms. The van der Waals surface area contributed by atoms with Gasteiger partial charge in [0.2, 0.25) is 0 Å². The van der Waals surface area contributed by atoms with Crippen molar-refractivity contribution < 1.29 is 13.0 Å². The van der Waals surface area contributed by atoms with E-state index in [4.69, 9.17) is 10.3 Å². The number of hydrogen-bond acceptors (Lipinski definition) is 3. The Labute approximate surface area is 91.3 Å². The van der Waals surface area contributed by atoms with Crippen LogP contribution < -0.4 is 5.73 Å². The topological polar surface area (TPSA) is 80.4 Å². The Bertz CT molecular complexity index is 359. The fraction of sp³-hybridized carbons (Fsp3) is 0.800. The molecule has 0 spiro atoms. The minimum Gasteiger partial charge on any atom is -0.330 e. The Hall–Kier alpha value is -0.390. The number of allylic oxidation sites excluding steroid dienone is 2. The van der Waals surface area contributed by atoms with Gasteiger partial charge in [-0.05, 0) is 45.6 Å². The molecule has 2 atom stereocenters. The molecular weight excluding hydrogens is 214 g/mol. The molecule has 0 saturated heterocycles. The van der Waals surface area contributed by atoms with Crippen molar-refractivity contribution in [3.8, 4) is 0 Å². The Morgan fingerprint density at radius 3 is 2.33 bits per heavy atom. The number of hydrogen-bond donors (Lipinski definition) is 2. The van der Waals surface area contributed by atoms with E-state index >= 15 is 0 Å². The van der Waals surface area contributed by atoms with Crippen molar-refractivity contribution in [3.05, 3.63) is 11.1 Å². The summed E-state index contributed by atoms with van der Waals surface area (Å²) in [6, 6.07) is 0. The zero-order valence-electron chi connectivity index (χ0n) is 9.23. The van der Waals surface area contributed by atoms with E-state index in [9.17, 15) is 8.42 Å². The molecule has 3 N–H and O–H groups in total. The van der Waals surface area contributed by atoms with E-state index in [0.717, 1.165) is 12.0 Å². The first-order valence-electron chi connectivity index (χ1n) is 5.18. The summed E-state index contributed by atoms with van der Waals surface area (Å²) in [5.41, 5.74) is 7.76. The molecule has 0 bridgehead atoms. The molecule has 0 aromatic heterocycles. The summed E-state index contributed by atoms with van der Waals surface area (Å²) in [5.74, 6) is -0.0336. The summed E-state index contributed by atoms with van der Waals surface area (Å²) in [7, 11) is -3.94. The molecule has 0 radical (unpaired) electrons. The lowest BCUT2D eigenvalue weighted by Gasteiger charge is -2.30. The van der Waals surface area contributed by atoms with Crippen molar-refractivity contribution in [1.29, 1.82) is 0 Å². The van der Waals surface area contributed by atoms with Crippen LogP contribution in [0.4, 0.5) is 0 Å². The van der Waals surface area contributed by atoms with E-state index < -0.39 is 15.4 Å². The average Bonchev–Trinajstić information content (AvgIpc) is 2.09. The monoisotopic (exact) mass is 233 g/mol. The van der Waals surface area contributed by atoms with Gasteiger partial charge < -0.3 is 5.73 Å². The molecule has 1 rings (SSSR count). The van der Waals surface area contributed by atoms with E-state index in [1.807, 2.05) is 13.8 Å². The normalized spacial score (nSPS) is 28.3. The van der Waals surface area contributed by atoms with Crippen LogP contribution in [0.5, 0.6) is 0 Å². The molecule has 1 aliphatic rings. The Kier molecular flexibility index (Phi) is 3.92. The third-order valence-corrected chi connectivity index (χ3v) is 4.57. The Morgan fingerprint density at radius 2 is 1.87 bits per heavy atom. The summed E-state index contributed by atoms with van der Waals surface area (Å²) < 4.78 is 31.6. The van der Waals surface area contributed by atoms with E-state index in [1.165, 1.54) is 5.57 Å². The standard InChI is InChI=1S/C10H19NO3S/c1-7-5-9(3-4-11)10(6-8(7)2)15(12,13)14/h9-10H,3-6,11H2,1-2H3,(H,12,13,14). The minimum absolute atomic E-state index is 0.0336. The van der Waals surface area contributed by atoms with Gasteiger partial charge in [0.05, 0.1) is 5.25 Å². The largest absolute Gasteiger partial charge is 0.330 e. The minimum atomic E-state index is -3.94. The summed E-state index contributed by atoms with van der Waals surface area (Å²) in [6.07, 6.45) is 1.82.